The lowest BCUT2D eigenvalue weighted by atomic mass is 10.3. The predicted octanol–water partition coefficient (Wildman–Crippen LogP) is 0.628. The fourth-order valence-corrected chi connectivity index (χ4v) is 2.49. The molecule has 0 aromatic heterocycles. The van der Waals surface area contributed by atoms with Gasteiger partial charge >= 0.3 is 0 Å². The number of amides is 1. The first-order valence-corrected chi connectivity index (χ1v) is 4.79. The molecule has 1 heterocycles. The van der Waals surface area contributed by atoms with Crippen LogP contribution in [0.15, 0.2) is 0 Å². The number of carbonyl (C=O) groups excluding carboxylic acids is 1. The van der Waals surface area contributed by atoms with Crippen molar-refractivity contribution in [1.29, 1.82) is 0 Å². The van der Waals surface area contributed by atoms with Crippen molar-refractivity contribution >= 4 is 17.7 Å². The molecule has 1 saturated heterocycles. The molecule has 1 N–H and O–H groups in total. The zero-order chi connectivity index (χ0) is 6.97. The van der Waals surface area contributed by atoms with Gasteiger partial charge in [0.25, 0.3) is 0 Å². The minimum atomic E-state index is 0.210. The predicted molar refractivity (Wildman–Crippen MR) is 42.0 cm³/mol. The summed E-state index contributed by atoms with van der Waals surface area (Å²) >= 11 is 1.83. The summed E-state index contributed by atoms with van der Waals surface area (Å²) in [5, 5.41) is 3.63. The molecule has 1 amide bonds. The largest absolute Gasteiger partial charge is 0.354 e. The van der Waals surface area contributed by atoms with Gasteiger partial charge in [-0.3, -0.25) is 4.79 Å². The fourth-order valence-electron chi connectivity index (χ4n) is 1.28. The van der Waals surface area contributed by atoms with Crippen LogP contribution in [0.4, 0.5) is 0 Å². The van der Waals surface area contributed by atoms with Gasteiger partial charge in [0.2, 0.25) is 5.91 Å². The van der Waals surface area contributed by atoms with Gasteiger partial charge in [-0.1, -0.05) is 0 Å². The quantitative estimate of drug-likeness (QED) is 0.605. The van der Waals surface area contributed by atoms with E-state index in [0.717, 1.165) is 17.7 Å². The summed E-state index contributed by atoms with van der Waals surface area (Å²) < 4.78 is 0. The first-order valence-electron chi connectivity index (χ1n) is 3.74. The third-order valence-corrected chi connectivity index (χ3v) is 3.49. The van der Waals surface area contributed by atoms with E-state index in [-0.39, 0.29) is 5.91 Å². The molecule has 2 fully saturated rings. The summed E-state index contributed by atoms with van der Waals surface area (Å²) in [4.78, 5) is 10.7. The van der Waals surface area contributed by atoms with E-state index >= 15 is 0 Å². The van der Waals surface area contributed by atoms with Gasteiger partial charge in [0.1, 0.15) is 0 Å². The second-order valence-corrected chi connectivity index (χ2v) is 4.22. The molecule has 0 bridgehead atoms. The lowest BCUT2D eigenvalue weighted by Crippen LogP contribution is -2.38. The zero-order valence-electron chi connectivity index (χ0n) is 5.80. The molecule has 1 atom stereocenters. The molecular weight excluding hydrogens is 146 g/mol. The van der Waals surface area contributed by atoms with E-state index in [1.165, 1.54) is 12.8 Å². The fraction of sp³-hybridized carbons (Fsp3) is 0.857. The molecule has 10 heavy (non-hydrogen) atoms. The highest BCUT2D eigenvalue weighted by atomic mass is 32.2. The standard InChI is InChI=1S/C7H11NOS/c9-7-4-10-6(3-8-7)5-1-2-5/h5-6H,1-4H2,(H,8,9)/t6-/m1/s1. The van der Waals surface area contributed by atoms with Crippen LogP contribution in [0.1, 0.15) is 12.8 Å². The third kappa shape index (κ3) is 1.29. The Kier molecular flexibility index (Phi) is 1.60. The summed E-state index contributed by atoms with van der Waals surface area (Å²) in [7, 11) is 0. The van der Waals surface area contributed by atoms with Gasteiger partial charge in [0.15, 0.2) is 0 Å². The second-order valence-electron chi connectivity index (χ2n) is 2.99. The monoisotopic (exact) mass is 157 g/mol. The van der Waals surface area contributed by atoms with Gasteiger partial charge in [-0.15, -0.1) is 11.8 Å². The maximum absolute atomic E-state index is 10.7. The summed E-state index contributed by atoms with van der Waals surface area (Å²) in [6.07, 6.45) is 2.76. The summed E-state index contributed by atoms with van der Waals surface area (Å²) in [6.45, 7) is 0.911. The summed E-state index contributed by atoms with van der Waals surface area (Å²) in [5.74, 6) is 1.81. The molecule has 1 saturated carbocycles. The Balaban J connectivity index is 1.84. The van der Waals surface area contributed by atoms with Gasteiger partial charge in [0, 0.05) is 11.8 Å². The number of carbonyl (C=O) groups is 1. The lowest BCUT2D eigenvalue weighted by molar-refractivity contribution is -0.118. The second kappa shape index (κ2) is 2.46. The molecule has 0 spiro atoms. The lowest BCUT2D eigenvalue weighted by Gasteiger charge is -2.21. The van der Waals surface area contributed by atoms with Crippen LogP contribution in [0.3, 0.4) is 0 Å². The molecule has 2 rings (SSSR count). The summed E-state index contributed by atoms with van der Waals surface area (Å²) in [6, 6.07) is 0. The third-order valence-electron chi connectivity index (χ3n) is 2.08. The topological polar surface area (TPSA) is 29.1 Å². The molecule has 2 aliphatic rings. The number of nitrogens with one attached hydrogen (secondary N) is 1. The molecule has 1 aliphatic heterocycles. The highest BCUT2D eigenvalue weighted by Crippen LogP contribution is 2.39. The Labute approximate surface area is 64.8 Å². The van der Waals surface area contributed by atoms with Crippen molar-refractivity contribution in [2.24, 2.45) is 5.92 Å². The van der Waals surface area contributed by atoms with Crippen LogP contribution in [-0.4, -0.2) is 23.5 Å². The molecule has 0 radical (unpaired) electrons. The molecule has 0 aromatic carbocycles. The Hall–Kier alpha value is -0.180. The van der Waals surface area contributed by atoms with Crippen LogP contribution in [-0.2, 0) is 4.79 Å². The van der Waals surface area contributed by atoms with E-state index in [9.17, 15) is 4.79 Å². The molecule has 3 heteroatoms. The Morgan fingerprint density at radius 2 is 2.30 bits per heavy atom. The minimum absolute atomic E-state index is 0.210. The molecule has 56 valence electrons. The Morgan fingerprint density at radius 1 is 1.50 bits per heavy atom. The molecular formula is C7H11NOS. The maximum atomic E-state index is 10.7. The van der Waals surface area contributed by atoms with Crippen LogP contribution in [0, 0.1) is 5.92 Å². The first-order chi connectivity index (χ1) is 4.86. The van der Waals surface area contributed by atoms with Crippen molar-refractivity contribution in [2.75, 3.05) is 12.3 Å². The number of thioether (sulfide) groups is 1. The average Bonchev–Trinajstić information content (AvgIpc) is 2.71. The molecule has 0 aromatic rings. The highest BCUT2D eigenvalue weighted by molar-refractivity contribution is 8.00. The number of hydrogen-bond acceptors (Lipinski definition) is 2. The minimum Gasteiger partial charge on any atom is -0.354 e. The van der Waals surface area contributed by atoms with Gasteiger partial charge in [-0.25, -0.2) is 0 Å². The van der Waals surface area contributed by atoms with Crippen molar-refractivity contribution in [3.8, 4) is 0 Å². The van der Waals surface area contributed by atoms with Gasteiger partial charge in [-0.2, -0.15) is 0 Å². The van der Waals surface area contributed by atoms with Crippen molar-refractivity contribution < 1.29 is 4.79 Å². The SMILES string of the molecule is O=C1CS[C@@H](C2CC2)CN1. The summed E-state index contributed by atoms with van der Waals surface area (Å²) in [5.41, 5.74) is 0. The van der Waals surface area contributed by atoms with Gasteiger partial charge in [0.05, 0.1) is 5.75 Å². The molecule has 0 unspecified atom stereocenters. The smallest absolute Gasteiger partial charge is 0.230 e. The van der Waals surface area contributed by atoms with E-state index in [1.807, 2.05) is 11.8 Å². The first kappa shape index (κ1) is 6.53. The average molecular weight is 157 g/mol. The molecule has 1 aliphatic carbocycles. The van der Waals surface area contributed by atoms with Crippen LogP contribution < -0.4 is 5.32 Å². The van der Waals surface area contributed by atoms with E-state index in [1.54, 1.807) is 0 Å². The van der Waals surface area contributed by atoms with E-state index < -0.39 is 0 Å². The van der Waals surface area contributed by atoms with Crippen molar-refractivity contribution in [3.63, 3.8) is 0 Å². The Bertz CT molecular complexity index is 146. The van der Waals surface area contributed by atoms with Crippen LogP contribution in [0.25, 0.3) is 0 Å². The van der Waals surface area contributed by atoms with Crippen molar-refractivity contribution in [1.82, 2.24) is 5.32 Å². The van der Waals surface area contributed by atoms with E-state index in [4.69, 9.17) is 0 Å². The van der Waals surface area contributed by atoms with Gasteiger partial charge in [-0.05, 0) is 18.8 Å². The highest BCUT2D eigenvalue weighted by Gasteiger charge is 2.33. The van der Waals surface area contributed by atoms with Crippen LogP contribution in [0.5, 0.6) is 0 Å². The van der Waals surface area contributed by atoms with E-state index in [0.29, 0.717) is 5.75 Å². The van der Waals surface area contributed by atoms with E-state index in [2.05, 4.69) is 5.32 Å². The zero-order valence-corrected chi connectivity index (χ0v) is 6.62. The number of hydrogen-bond donors (Lipinski definition) is 1. The van der Waals surface area contributed by atoms with Gasteiger partial charge < -0.3 is 5.32 Å². The number of rotatable bonds is 1. The van der Waals surface area contributed by atoms with Crippen molar-refractivity contribution in [2.45, 2.75) is 18.1 Å². The molecule has 2 nitrogen and oxygen atoms in total. The maximum Gasteiger partial charge on any atom is 0.230 e. The van der Waals surface area contributed by atoms with Crippen molar-refractivity contribution in [3.05, 3.63) is 0 Å². The normalized spacial score (nSPS) is 33.6. The van der Waals surface area contributed by atoms with Crippen LogP contribution >= 0.6 is 11.8 Å². The van der Waals surface area contributed by atoms with Crippen LogP contribution in [0.2, 0.25) is 0 Å². The Morgan fingerprint density at radius 3 is 2.80 bits per heavy atom.